The highest BCUT2D eigenvalue weighted by atomic mass is 32.1. The van der Waals surface area contributed by atoms with Gasteiger partial charge >= 0.3 is 0 Å². The monoisotopic (exact) mass is 272 g/mol. The number of benzene rings is 1. The zero-order valence-electron chi connectivity index (χ0n) is 10.9. The molecule has 0 radical (unpaired) electrons. The quantitative estimate of drug-likeness (QED) is 0.842. The van der Waals surface area contributed by atoms with Crippen LogP contribution in [0.25, 0.3) is 0 Å². The standard InChI is InChI=1S/C15H16N2OS/c1-11-16-13-7-8-17(10-14(13)19-11)15(18)9-12-5-3-2-4-6-12/h2-6H,7-10H2,1H3. The molecule has 2 aromatic rings. The number of carbonyl (C=O) groups excluding carboxylic acids is 1. The van der Waals surface area contributed by atoms with Crippen LogP contribution < -0.4 is 0 Å². The van der Waals surface area contributed by atoms with Crippen LogP contribution in [0.4, 0.5) is 0 Å². The highest BCUT2D eigenvalue weighted by molar-refractivity contribution is 7.11. The van der Waals surface area contributed by atoms with Crippen LogP contribution in [0.15, 0.2) is 30.3 Å². The number of rotatable bonds is 2. The molecule has 0 aliphatic carbocycles. The zero-order valence-corrected chi connectivity index (χ0v) is 11.7. The molecular weight excluding hydrogens is 256 g/mol. The number of carbonyl (C=O) groups is 1. The van der Waals surface area contributed by atoms with Gasteiger partial charge in [0.15, 0.2) is 0 Å². The van der Waals surface area contributed by atoms with Gasteiger partial charge < -0.3 is 4.90 Å². The molecule has 0 saturated carbocycles. The molecule has 0 N–H and O–H groups in total. The summed E-state index contributed by atoms with van der Waals surface area (Å²) in [5, 5.41) is 1.10. The van der Waals surface area contributed by atoms with Gasteiger partial charge in [0.05, 0.1) is 23.7 Å². The predicted octanol–water partition coefficient (Wildman–Crippen LogP) is 2.58. The first-order valence-corrected chi connectivity index (χ1v) is 7.31. The van der Waals surface area contributed by atoms with E-state index in [9.17, 15) is 4.79 Å². The fourth-order valence-electron chi connectivity index (χ4n) is 2.42. The second kappa shape index (κ2) is 5.13. The summed E-state index contributed by atoms with van der Waals surface area (Å²) in [7, 11) is 0. The molecule has 0 fully saturated rings. The van der Waals surface area contributed by atoms with Gasteiger partial charge in [-0.05, 0) is 12.5 Å². The van der Waals surface area contributed by atoms with E-state index in [2.05, 4.69) is 4.98 Å². The number of fused-ring (bicyclic) bond motifs is 1. The number of hydrogen-bond donors (Lipinski definition) is 0. The number of aryl methyl sites for hydroxylation is 1. The summed E-state index contributed by atoms with van der Waals surface area (Å²) in [6.45, 7) is 3.55. The highest BCUT2D eigenvalue weighted by Gasteiger charge is 2.23. The maximum absolute atomic E-state index is 12.3. The van der Waals surface area contributed by atoms with Crippen molar-refractivity contribution in [2.45, 2.75) is 26.3 Å². The third-order valence-electron chi connectivity index (χ3n) is 3.39. The summed E-state index contributed by atoms with van der Waals surface area (Å²) in [6, 6.07) is 9.93. The van der Waals surface area contributed by atoms with E-state index in [1.807, 2.05) is 42.2 Å². The third-order valence-corrected chi connectivity index (χ3v) is 4.39. The van der Waals surface area contributed by atoms with Crippen molar-refractivity contribution >= 4 is 17.2 Å². The Labute approximate surface area is 116 Å². The van der Waals surface area contributed by atoms with Crippen molar-refractivity contribution in [2.24, 2.45) is 0 Å². The van der Waals surface area contributed by atoms with Crippen molar-refractivity contribution < 1.29 is 4.79 Å². The summed E-state index contributed by atoms with van der Waals surface area (Å²) in [6.07, 6.45) is 1.38. The largest absolute Gasteiger partial charge is 0.337 e. The lowest BCUT2D eigenvalue weighted by molar-refractivity contribution is -0.131. The summed E-state index contributed by atoms with van der Waals surface area (Å²) >= 11 is 1.71. The molecule has 3 rings (SSSR count). The van der Waals surface area contributed by atoms with Crippen molar-refractivity contribution in [3.05, 3.63) is 51.5 Å². The van der Waals surface area contributed by atoms with Gasteiger partial charge in [0, 0.05) is 17.8 Å². The lowest BCUT2D eigenvalue weighted by Gasteiger charge is -2.26. The Morgan fingerprint density at radius 2 is 2.16 bits per heavy atom. The molecule has 4 heteroatoms. The van der Waals surface area contributed by atoms with Gasteiger partial charge in [0.25, 0.3) is 0 Å². The maximum Gasteiger partial charge on any atom is 0.227 e. The first kappa shape index (κ1) is 12.4. The Morgan fingerprint density at radius 3 is 2.95 bits per heavy atom. The van der Waals surface area contributed by atoms with Crippen LogP contribution in [-0.2, 0) is 24.2 Å². The van der Waals surface area contributed by atoms with E-state index in [0.717, 1.165) is 30.1 Å². The second-order valence-electron chi connectivity index (χ2n) is 4.83. The Bertz CT molecular complexity index is 591. The van der Waals surface area contributed by atoms with Gasteiger partial charge in [-0.15, -0.1) is 11.3 Å². The molecule has 0 atom stereocenters. The van der Waals surface area contributed by atoms with Gasteiger partial charge in [0.1, 0.15) is 0 Å². The molecular formula is C15H16N2OS. The minimum Gasteiger partial charge on any atom is -0.337 e. The predicted molar refractivity (Wildman–Crippen MR) is 76.1 cm³/mol. The fourth-order valence-corrected chi connectivity index (χ4v) is 3.42. The average Bonchev–Trinajstić information content (AvgIpc) is 2.78. The maximum atomic E-state index is 12.3. The number of aromatic nitrogens is 1. The molecule has 0 saturated heterocycles. The van der Waals surface area contributed by atoms with E-state index in [4.69, 9.17) is 0 Å². The second-order valence-corrected chi connectivity index (χ2v) is 6.12. The number of hydrogen-bond acceptors (Lipinski definition) is 3. The number of nitrogens with zero attached hydrogens (tertiary/aromatic N) is 2. The molecule has 98 valence electrons. The molecule has 2 heterocycles. The first-order valence-electron chi connectivity index (χ1n) is 6.49. The topological polar surface area (TPSA) is 33.2 Å². The highest BCUT2D eigenvalue weighted by Crippen LogP contribution is 2.24. The molecule has 0 unspecified atom stereocenters. The Balaban J connectivity index is 1.69. The number of thiazole rings is 1. The summed E-state index contributed by atoms with van der Waals surface area (Å²) in [5.41, 5.74) is 2.27. The number of amides is 1. The van der Waals surface area contributed by atoms with Gasteiger partial charge in [-0.3, -0.25) is 4.79 Å². The molecule has 1 aromatic heterocycles. The Hall–Kier alpha value is -1.68. The normalized spacial score (nSPS) is 14.3. The van der Waals surface area contributed by atoms with Crippen LogP contribution in [0.5, 0.6) is 0 Å². The minimum atomic E-state index is 0.211. The van der Waals surface area contributed by atoms with Gasteiger partial charge in [-0.25, -0.2) is 4.98 Å². The molecule has 1 aliphatic heterocycles. The van der Waals surface area contributed by atoms with Crippen molar-refractivity contribution in [2.75, 3.05) is 6.54 Å². The van der Waals surface area contributed by atoms with Crippen molar-refractivity contribution in [3.63, 3.8) is 0 Å². The van der Waals surface area contributed by atoms with Gasteiger partial charge in [0.2, 0.25) is 5.91 Å². The minimum absolute atomic E-state index is 0.211. The van der Waals surface area contributed by atoms with Crippen molar-refractivity contribution in [3.8, 4) is 0 Å². The lowest BCUT2D eigenvalue weighted by Crippen LogP contribution is -2.36. The van der Waals surface area contributed by atoms with E-state index in [-0.39, 0.29) is 5.91 Å². The SMILES string of the molecule is Cc1nc2c(s1)CN(C(=O)Cc1ccccc1)CC2. The van der Waals surface area contributed by atoms with E-state index >= 15 is 0 Å². The Morgan fingerprint density at radius 1 is 1.37 bits per heavy atom. The smallest absolute Gasteiger partial charge is 0.227 e. The van der Waals surface area contributed by atoms with Crippen molar-refractivity contribution in [1.82, 2.24) is 9.88 Å². The molecule has 19 heavy (non-hydrogen) atoms. The molecule has 1 amide bonds. The van der Waals surface area contributed by atoms with Gasteiger partial charge in [-0.1, -0.05) is 30.3 Å². The van der Waals surface area contributed by atoms with Crippen LogP contribution in [-0.4, -0.2) is 22.3 Å². The first-order chi connectivity index (χ1) is 9.22. The summed E-state index contributed by atoms with van der Waals surface area (Å²) in [4.78, 5) is 20.0. The fraction of sp³-hybridized carbons (Fsp3) is 0.333. The van der Waals surface area contributed by atoms with Crippen LogP contribution in [0.2, 0.25) is 0 Å². The average molecular weight is 272 g/mol. The molecule has 0 bridgehead atoms. The van der Waals surface area contributed by atoms with E-state index in [0.29, 0.717) is 6.42 Å². The van der Waals surface area contributed by atoms with Crippen LogP contribution in [0.1, 0.15) is 21.1 Å². The third kappa shape index (κ3) is 2.68. The van der Waals surface area contributed by atoms with Crippen LogP contribution in [0.3, 0.4) is 0 Å². The summed E-state index contributed by atoms with van der Waals surface area (Å²) < 4.78 is 0. The molecule has 3 nitrogen and oxygen atoms in total. The van der Waals surface area contributed by atoms with E-state index in [1.54, 1.807) is 11.3 Å². The van der Waals surface area contributed by atoms with Crippen LogP contribution >= 0.6 is 11.3 Å². The van der Waals surface area contributed by atoms with Crippen molar-refractivity contribution in [1.29, 1.82) is 0 Å². The van der Waals surface area contributed by atoms with Gasteiger partial charge in [-0.2, -0.15) is 0 Å². The molecule has 0 spiro atoms. The molecule has 1 aliphatic rings. The van der Waals surface area contributed by atoms with E-state index in [1.165, 1.54) is 10.6 Å². The van der Waals surface area contributed by atoms with E-state index < -0.39 is 0 Å². The Kier molecular flexibility index (Phi) is 3.34. The summed E-state index contributed by atoms with van der Waals surface area (Å²) in [5.74, 6) is 0.211. The lowest BCUT2D eigenvalue weighted by atomic mass is 10.1. The van der Waals surface area contributed by atoms with Crippen LogP contribution in [0, 0.1) is 6.92 Å². The zero-order chi connectivity index (χ0) is 13.2. The molecule has 1 aromatic carbocycles.